The molecular weight excluding hydrogens is 490 g/mol. The van der Waals surface area contributed by atoms with Crippen LogP contribution in [-0.2, 0) is 18.5 Å². The van der Waals surface area contributed by atoms with E-state index in [1.54, 1.807) is 14.2 Å². The molecule has 3 aromatic rings. The van der Waals surface area contributed by atoms with Gasteiger partial charge >= 0.3 is 0 Å². The molecule has 2 aliphatic rings. The van der Waals surface area contributed by atoms with Crippen LogP contribution >= 0.6 is 11.6 Å². The van der Waals surface area contributed by atoms with Crippen LogP contribution in [0.15, 0.2) is 47.0 Å². The van der Waals surface area contributed by atoms with E-state index in [4.69, 9.17) is 30.6 Å². The Balaban J connectivity index is 1.05. The van der Waals surface area contributed by atoms with Crippen molar-refractivity contribution in [3.05, 3.63) is 70.3 Å². The molecule has 198 valence electrons. The van der Waals surface area contributed by atoms with Crippen LogP contribution in [0.3, 0.4) is 0 Å². The molecule has 0 radical (unpaired) electrons. The standard InChI is InChI=1S/C28H36ClN5O3/c1-35-24-6-3-5-21(26(24)36-2)20-34-17-15-33(16-18-34)14-13-30-19-25-31-27(32-37-25)28(11-4-12-28)22-7-9-23(29)10-8-22/h3,5-10,30H,4,11-20H2,1-2H3. The summed E-state index contributed by atoms with van der Waals surface area (Å²) in [4.78, 5) is 9.72. The Morgan fingerprint density at radius 3 is 2.43 bits per heavy atom. The minimum absolute atomic E-state index is 0.138. The molecule has 0 atom stereocenters. The molecular formula is C28H36ClN5O3. The lowest BCUT2D eigenvalue weighted by Crippen LogP contribution is -2.47. The van der Waals surface area contributed by atoms with Crippen LogP contribution in [-0.4, -0.2) is 73.4 Å². The fourth-order valence-corrected chi connectivity index (χ4v) is 5.51. The number of benzene rings is 2. The van der Waals surface area contributed by atoms with Crippen molar-refractivity contribution >= 4 is 11.6 Å². The fourth-order valence-electron chi connectivity index (χ4n) is 5.38. The van der Waals surface area contributed by atoms with Gasteiger partial charge in [-0.15, -0.1) is 0 Å². The molecule has 2 aromatic carbocycles. The van der Waals surface area contributed by atoms with E-state index in [1.807, 2.05) is 24.3 Å². The predicted molar refractivity (Wildman–Crippen MR) is 143 cm³/mol. The molecule has 1 aliphatic carbocycles. The number of piperazine rings is 1. The summed E-state index contributed by atoms with van der Waals surface area (Å²) in [6, 6.07) is 14.1. The number of halogens is 1. The van der Waals surface area contributed by atoms with Crippen molar-refractivity contribution in [2.24, 2.45) is 0 Å². The molecule has 9 heteroatoms. The molecule has 8 nitrogen and oxygen atoms in total. The van der Waals surface area contributed by atoms with Gasteiger partial charge in [-0.25, -0.2) is 0 Å². The van der Waals surface area contributed by atoms with Crippen molar-refractivity contribution in [1.29, 1.82) is 0 Å². The molecule has 37 heavy (non-hydrogen) atoms. The van der Waals surface area contributed by atoms with Crippen LogP contribution in [0, 0.1) is 0 Å². The highest BCUT2D eigenvalue weighted by atomic mass is 35.5. The zero-order valence-corrected chi connectivity index (χ0v) is 22.5. The predicted octanol–water partition coefficient (Wildman–Crippen LogP) is 4.12. The second-order valence-electron chi connectivity index (χ2n) is 9.90. The van der Waals surface area contributed by atoms with E-state index in [0.717, 1.165) is 86.6 Å². The first-order valence-corrected chi connectivity index (χ1v) is 13.4. The largest absolute Gasteiger partial charge is 0.493 e. The molecule has 0 bridgehead atoms. The van der Waals surface area contributed by atoms with Gasteiger partial charge in [0.1, 0.15) is 0 Å². The summed E-state index contributed by atoms with van der Waals surface area (Å²) in [5, 5.41) is 8.57. The third-order valence-corrected chi connectivity index (χ3v) is 7.98. The van der Waals surface area contributed by atoms with Gasteiger partial charge in [-0.2, -0.15) is 4.98 Å². The minimum Gasteiger partial charge on any atom is -0.493 e. The number of hydrogen-bond acceptors (Lipinski definition) is 8. The number of ether oxygens (including phenoxy) is 2. The quantitative estimate of drug-likeness (QED) is 0.375. The van der Waals surface area contributed by atoms with Gasteiger partial charge in [0, 0.05) is 56.4 Å². The molecule has 1 aromatic heterocycles. The van der Waals surface area contributed by atoms with Gasteiger partial charge < -0.3 is 19.3 Å². The lowest BCUT2D eigenvalue weighted by Gasteiger charge is -2.39. The van der Waals surface area contributed by atoms with Gasteiger partial charge in [0.25, 0.3) is 0 Å². The average molecular weight is 526 g/mol. The van der Waals surface area contributed by atoms with Crippen molar-refractivity contribution < 1.29 is 14.0 Å². The Labute approximate surface area is 223 Å². The SMILES string of the molecule is COc1cccc(CN2CCN(CCNCc3nc(C4(c5ccc(Cl)cc5)CCC4)no3)CC2)c1OC. The van der Waals surface area contributed by atoms with Gasteiger partial charge in [0.05, 0.1) is 26.2 Å². The summed E-state index contributed by atoms with van der Waals surface area (Å²) in [5.41, 5.74) is 2.24. The molecule has 5 rings (SSSR count). The van der Waals surface area contributed by atoms with E-state index >= 15 is 0 Å². The number of hydrogen-bond donors (Lipinski definition) is 1. The Morgan fingerprint density at radius 1 is 1.00 bits per heavy atom. The molecule has 1 saturated carbocycles. The maximum Gasteiger partial charge on any atom is 0.240 e. The van der Waals surface area contributed by atoms with Crippen LogP contribution in [0.5, 0.6) is 11.5 Å². The van der Waals surface area contributed by atoms with Gasteiger partial charge in [-0.3, -0.25) is 9.80 Å². The van der Waals surface area contributed by atoms with Crippen molar-refractivity contribution in [2.75, 3.05) is 53.5 Å². The van der Waals surface area contributed by atoms with Crippen LogP contribution in [0.4, 0.5) is 0 Å². The number of nitrogens with zero attached hydrogens (tertiary/aromatic N) is 4. The topological polar surface area (TPSA) is 75.9 Å². The van der Waals surface area contributed by atoms with Crippen LogP contribution in [0.25, 0.3) is 0 Å². The number of para-hydroxylation sites is 1. The third-order valence-electron chi connectivity index (χ3n) is 7.72. The molecule has 0 unspecified atom stereocenters. The maximum atomic E-state index is 6.09. The smallest absolute Gasteiger partial charge is 0.240 e. The summed E-state index contributed by atoms with van der Waals surface area (Å²) >= 11 is 6.09. The van der Waals surface area contributed by atoms with Gasteiger partial charge in [-0.05, 0) is 36.6 Å². The van der Waals surface area contributed by atoms with Crippen molar-refractivity contribution in [3.8, 4) is 11.5 Å². The molecule has 1 N–H and O–H groups in total. The first-order valence-electron chi connectivity index (χ1n) is 13.1. The normalized spacial score (nSPS) is 17.9. The van der Waals surface area contributed by atoms with E-state index in [2.05, 4.69) is 38.5 Å². The van der Waals surface area contributed by atoms with E-state index < -0.39 is 0 Å². The van der Waals surface area contributed by atoms with Gasteiger partial charge in [0.2, 0.25) is 5.89 Å². The number of aromatic nitrogens is 2. The zero-order chi connectivity index (χ0) is 25.7. The third kappa shape index (κ3) is 5.77. The molecule has 0 amide bonds. The van der Waals surface area contributed by atoms with E-state index in [9.17, 15) is 0 Å². The minimum atomic E-state index is -0.138. The Bertz CT molecular complexity index is 1160. The first kappa shape index (κ1) is 26.0. The Hall–Kier alpha value is -2.65. The molecule has 0 spiro atoms. The Kier molecular flexibility index (Phi) is 8.30. The highest BCUT2D eigenvalue weighted by Gasteiger charge is 2.44. The van der Waals surface area contributed by atoms with Crippen molar-refractivity contribution in [3.63, 3.8) is 0 Å². The Morgan fingerprint density at radius 2 is 1.76 bits per heavy atom. The fraction of sp³-hybridized carbons (Fsp3) is 0.500. The summed E-state index contributed by atoms with van der Waals surface area (Å²) in [6.07, 6.45) is 3.25. The summed E-state index contributed by atoms with van der Waals surface area (Å²) in [7, 11) is 3.38. The summed E-state index contributed by atoms with van der Waals surface area (Å²) < 4.78 is 16.6. The van der Waals surface area contributed by atoms with E-state index in [-0.39, 0.29) is 5.41 Å². The van der Waals surface area contributed by atoms with E-state index in [1.165, 1.54) is 12.0 Å². The molecule has 2 heterocycles. The summed E-state index contributed by atoms with van der Waals surface area (Å²) in [5.74, 6) is 3.05. The zero-order valence-electron chi connectivity index (χ0n) is 21.7. The van der Waals surface area contributed by atoms with Crippen LogP contribution < -0.4 is 14.8 Å². The first-order chi connectivity index (χ1) is 18.1. The van der Waals surface area contributed by atoms with Crippen LogP contribution in [0.2, 0.25) is 5.02 Å². The highest BCUT2D eigenvalue weighted by molar-refractivity contribution is 6.30. The van der Waals surface area contributed by atoms with Crippen molar-refractivity contribution in [1.82, 2.24) is 25.3 Å². The number of methoxy groups -OCH3 is 2. The lowest BCUT2D eigenvalue weighted by atomic mass is 9.64. The van der Waals surface area contributed by atoms with Crippen molar-refractivity contribution in [2.45, 2.75) is 37.8 Å². The van der Waals surface area contributed by atoms with Crippen LogP contribution in [0.1, 0.15) is 42.1 Å². The van der Waals surface area contributed by atoms with Gasteiger partial charge in [0.15, 0.2) is 17.3 Å². The molecule has 2 fully saturated rings. The monoisotopic (exact) mass is 525 g/mol. The maximum absolute atomic E-state index is 6.09. The second-order valence-corrected chi connectivity index (χ2v) is 10.3. The average Bonchev–Trinajstić information content (AvgIpc) is 3.36. The molecule has 1 saturated heterocycles. The number of rotatable bonds is 11. The van der Waals surface area contributed by atoms with Gasteiger partial charge in [-0.1, -0.05) is 47.4 Å². The van der Waals surface area contributed by atoms with E-state index in [0.29, 0.717) is 12.4 Å². The lowest BCUT2D eigenvalue weighted by molar-refractivity contribution is 0.126. The molecule has 1 aliphatic heterocycles. The second kappa shape index (κ2) is 11.8. The highest BCUT2D eigenvalue weighted by Crippen LogP contribution is 2.47. The summed E-state index contributed by atoms with van der Waals surface area (Å²) in [6.45, 7) is 7.46. The number of nitrogens with one attached hydrogen (secondary N) is 1.